The molecule has 90 valence electrons. The molecule has 0 fully saturated rings. The van der Waals surface area contributed by atoms with Crippen LogP contribution in [0.5, 0.6) is 0 Å². The molecule has 0 saturated heterocycles. The van der Waals surface area contributed by atoms with Crippen LogP contribution in [0.25, 0.3) is 0 Å². The average Bonchev–Trinajstić information content (AvgIpc) is 2.26. The highest BCUT2D eigenvalue weighted by atomic mass is 16.5. The summed E-state index contributed by atoms with van der Waals surface area (Å²) in [6.07, 6.45) is 2.48. The summed E-state index contributed by atoms with van der Waals surface area (Å²) < 4.78 is 5.67. The van der Waals surface area contributed by atoms with Crippen molar-refractivity contribution in [1.82, 2.24) is 9.97 Å². The van der Waals surface area contributed by atoms with Crippen molar-refractivity contribution in [3.63, 3.8) is 0 Å². The molecule has 0 aliphatic carbocycles. The maximum atomic E-state index is 5.67. The summed E-state index contributed by atoms with van der Waals surface area (Å²) in [5.41, 5.74) is 0.959. The van der Waals surface area contributed by atoms with E-state index < -0.39 is 0 Å². The van der Waals surface area contributed by atoms with Crippen LogP contribution in [0.3, 0.4) is 0 Å². The highest BCUT2D eigenvalue weighted by Gasteiger charge is 2.05. The first kappa shape index (κ1) is 12.9. The standard InChI is InChI=1S/C12H21N3O/c1-5-6-10(3)16-8-12-14-9(2)7-11(13-4)15-12/h7,10H,5-6,8H2,1-4H3,(H,13,14,15). The Kier molecular flexibility index (Phi) is 5.19. The Labute approximate surface area is 97.5 Å². The smallest absolute Gasteiger partial charge is 0.156 e. The first-order valence-corrected chi connectivity index (χ1v) is 5.79. The third kappa shape index (κ3) is 4.14. The fourth-order valence-electron chi connectivity index (χ4n) is 1.53. The van der Waals surface area contributed by atoms with Gasteiger partial charge in [0.1, 0.15) is 12.4 Å². The second kappa shape index (κ2) is 6.43. The van der Waals surface area contributed by atoms with Gasteiger partial charge in [-0.2, -0.15) is 0 Å². The Hall–Kier alpha value is -1.16. The van der Waals surface area contributed by atoms with Crippen LogP contribution < -0.4 is 5.32 Å². The lowest BCUT2D eigenvalue weighted by molar-refractivity contribution is 0.0431. The number of nitrogens with zero attached hydrogens (tertiary/aromatic N) is 2. The van der Waals surface area contributed by atoms with Gasteiger partial charge in [-0.3, -0.25) is 0 Å². The second-order valence-electron chi connectivity index (χ2n) is 3.97. The van der Waals surface area contributed by atoms with E-state index in [1.807, 2.05) is 20.0 Å². The van der Waals surface area contributed by atoms with Crippen LogP contribution in [0.2, 0.25) is 0 Å². The summed E-state index contributed by atoms with van der Waals surface area (Å²) in [5, 5.41) is 3.01. The maximum Gasteiger partial charge on any atom is 0.156 e. The molecule has 0 spiro atoms. The van der Waals surface area contributed by atoms with E-state index in [9.17, 15) is 0 Å². The van der Waals surface area contributed by atoms with Crippen molar-refractivity contribution in [2.75, 3.05) is 12.4 Å². The number of hydrogen-bond acceptors (Lipinski definition) is 4. The molecule has 0 radical (unpaired) electrons. The molecular weight excluding hydrogens is 202 g/mol. The van der Waals surface area contributed by atoms with E-state index in [-0.39, 0.29) is 6.10 Å². The van der Waals surface area contributed by atoms with Gasteiger partial charge in [0.05, 0.1) is 6.10 Å². The monoisotopic (exact) mass is 223 g/mol. The fourth-order valence-corrected chi connectivity index (χ4v) is 1.53. The van der Waals surface area contributed by atoms with Gasteiger partial charge in [-0.15, -0.1) is 0 Å². The molecule has 0 amide bonds. The Balaban J connectivity index is 2.56. The highest BCUT2D eigenvalue weighted by molar-refractivity contribution is 5.34. The van der Waals surface area contributed by atoms with E-state index in [1.165, 1.54) is 0 Å². The predicted octanol–water partition coefficient (Wildman–Crippen LogP) is 2.53. The van der Waals surface area contributed by atoms with E-state index in [0.717, 1.165) is 30.2 Å². The number of hydrogen-bond donors (Lipinski definition) is 1. The molecule has 0 aliphatic rings. The molecule has 16 heavy (non-hydrogen) atoms. The van der Waals surface area contributed by atoms with Gasteiger partial charge in [0.2, 0.25) is 0 Å². The Bertz CT molecular complexity index is 328. The first-order valence-electron chi connectivity index (χ1n) is 5.79. The van der Waals surface area contributed by atoms with E-state index in [4.69, 9.17) is 4.74 Å². The van der Waals surface area contributed by atoms with Crippen LogP contribution in [0.15, 0.2) is 6.07 Å². The zero-order valence-electron chi connectivity index (χ0n) is 10.6. The number of anilines is 1. The third-order valence-electron chi connectivity index (χ3n) is 2.35. The summed E-state index contributed by atoms with van der Waals surface area (Å²) >= 11 is 0. The lowest BCUT2D eigenvalue weighted by Gasteiger charge is -2.11. The number of aromatic nitrogens is 2. The number of ether oxygens (including phenoxy) is 1. The van der Waals surface area contributed by atoms with E-state index in [1.54, 1.807) is 0 Å². The molecule has 1 rings (SSSR count). The topological polar surface area (TPSA) is 47.0 Å². The average molecular weight is 223 g/mol. The largest absolute Gasteiger partial charge is 0.373 e. The minimum atomic E-state index is 0.271. The van der Waals surface area contributed by atoms with E-state index in [0.29, 0.717) is 6.61 Å². The molecule has 4 heteroatoms. The summed E-state index contributed by atoms with van der Waals surface area (Å²) in [5.74, 6) is 1.58. The lowest BCUT2D eigenvalue weighted by atomic mass is 10.2. The molecule has 1 heterocycles. The Morgan fingerprint density at radius 3 is 2.81 bits per heavy atom. The molecule has 0 aromatic carbocycles. The van der Waals surface area contributed by atoms with Gasteiger partial charge >= 0.3 is 0 Å². The number of aryl methyl sites for hydroxylation is 1. The maximum absolute atomic E-state index is 5.67. The van der Waals surface area contributed by atoms with Crippen LogP contribution in [-0.4, -0.2) is 23.1 Å². The van der Waals surface area contributed by atoms with Gasteiger partial charge in [0, 0.05) is 18.8 Å². The van der Waals surface area contributed by atoms with Crippen LogP contribution >= 0.6 is 0 Å². The quantitative estimate of drug-likeness (QED) is 0.805. The minimum absolute atomic E-state index is 0.271. The van der Waals surface area contributed by atoms with Crippen LogP contribution in [-0.2, 0) is 11.3 Å². The van der Waals surface area contributed by atoms with Gasteiger partial charge in [-0.05, 0) is 20.3 Å². The van der Waals surface area contributed by atoms with Crippen LogP contribution in [0, 0.1) is 6.92 Å². The summed E-state index contributed by atoms with van der Waals surface area (Å²) in [4.78, 5) is 8.67. The SMILES string of the molecule is CCCC(C)OCc1nc(C)cc(NC)n1. The fraction of sp³-hybridized carbons (Fsp3) is 0.667. The zero-order valence-corrected chi connectivity index (χ0v) is 10.6. The van der Waals surface area contributed by atoms with Gasteiger partial charge in [0.15, 0.2) is 5.82 Å². The van der Waals surface area contributed by atoms with E-state index >= 15 is 0 Å². The number of nitrogens with one attached hydrogen (secondary N) is 1. The van der Waals surface area contributed by atoms with Gasteiger partial charge in [0.25, 0.3) is 0 Å². The molecule has 1 N–H and O–H groups in total. The Morgan fingerprint density at radius 1 is 1.44 bits per heavy atom. The molecule has 0 aliphatic heterocycles. The summed E-state index contributed by atoms with van der Waals surface area (Å²) in [6.45, 7) is 6.68. The van der Waals surface area contributed by atoms with Gasteiger partial charge in [-0.1, -0.05) is 13.3 Å². The van der Waals surface area contributed by atoms with Gasteiger partial charge < -0.3 is 10.1 Å². The van der Waals surface area contributed by atoms with Crippen molar-refractivity contribution in [3.8, 4) is 0 Å². The molecule has 0 bridgehead atoms. The first-order chi connectivity index (χ1) is 7.65. The predicted molar refractivity (Wildman–Crippen MR) is 65.5 cm³/mol. The van der Waals surface area contributed by atoms with Crippen molar-refractivity contribution < 1.29 is 4.74 Å². The third-order valence-corrected chi connectivity index (χ3v) is 2.35. The molecule has 1 aromatic heterocycles. The molecule has 1 aromatic rings. The van der Waals surface area contributed by atoms with Crippen molar-refractivity contribution >= 4 is 5.82 Å². The minimum Gasteiger partial charge on any atom is -0.373 e. The van der Waals surface area contributed by atoms with Crippen LogP contribution in [0.1, 0.15) is 38.2 Å². The van der Waals surface area contributed by atoms with Crippen molar-refractivity contribution in [1.29, 1.82) is 0 Å². The molecule has 1 unspecified atom stereocenters. The number of rotatable bonds is 6. The Morgan fingerprint density at radius 2 is 2.19 bits per heavy atom. The lowest BCUT2D eigenvalue weighted by Crippen LogP contribution is -2.10. The van der Waals surface area contributed by atoms with E-state index in [2.05, 4.69) is 29.1 Å². The van der Waals surface area contributed by atoms with Gasteiger partial charge in [-0.25, -0.2) is 9.97 Å². The normalized spacial score (nSPS) is 12.5. The summed E-state index contributed by atoms with van der Waals surface area (Å²) in [7, 11) is 1.85. The highest BCUT2D eigenvalue weighted by Crippen LogP contribution is 2.08. The van der Waals surface area contributed by atoms with Crippen LogP contribution in [0.4, 0.5) is 5.82 Å². The second-order valence-corrected chi connectivity index (χ2v) is 3.97. The molecular formula is C12H21N3O. The van der Waals surface area contributed by atoms with Crippen molar-refractivity contribution in [3.05, 3.63) is 17.6 Å². The molecule has 0 saturated carbocycles. The molecule has 1 atom stereocenters. The zero-order chi connectivity index (χ0) is 12.0. The molecule has 4 nitrogen and oxygen atoms in total. The summed E-state index contributed by atoms with van der Waals surface area (Å²) in [6, 6.07) is 1.92. The van der Waals surface area contributed by atoms with Crippen molar-refractivity contribution in [2.45, 2.75) is 46.3 Å². The van der Waals surface area contributed by atoms with Crippen molar-refractivity contribution in [2.24, 2.45) is 0 Å².